The minimum Gasteiger partial charge on any atom is -0.506 e. The topological polar surface area (TPSA) is 61.7 Å². The molecular weight excluding hydrogens is 407 g/mol. The van der Waals surface area contributed by atoms with Crippen molar-refractivity contribution >= 4 is 44.0 Å². The van der Waals surface area contributed by atoms with Gasteiger partial charge in [-0.3, -0.25) is 4.79 Å². The molecule has 0 heterocycles. The summed E-state index contributed by atoms with van der Waals surface area (Å²) in [4.78, 5) is 11.7. The Balaban J connectivity index is 2.07. The highest BCUT2D eigenvalue weighted by Gasteiger charge is 2.06. The first-order chi connectivity index (χ1) is 9.97. The molecule has 0 spiro atoms. The predicted molar refractivity (Wildman–Crippen MR) is 85.0 cm³/mol. The fourth-order valence-corrected chi connectivity index (χ4v) is 2.74. The van der Waals surface area contributed by atoms with Crippen molar-refractivity contribution in [3.8, 4) is 5.75 Å². The van der Waals surface area contributed by atoms with Gasteiger partial charge in [-0.1, -0.05) is 6.07 Å². The van der Waals surface area contributed by atoms with E-state index < -0.39 is 11.7 Å². The molecule has 4 nitrogen and oxygen atoms in total. The maximum atomic E-state index is 13.0. The molecule has 0 aromatic heterocycles. The van der Waals surface area contributed by atoms with Crippen molar-refractivity contribution in [2.45, 2.75) is 0 Å². The minimum absolute atomic E-state index is 0.0796. The van der Waals surface area contributed by atoms with Gasteiger partial charge in [-0.15, -0.1) is 0 Å². The number of halogens is 3. The number of benzene rings is 2. The first kappa shape index (κ1) is 15.7. The Labute approximate surface area is 136 Å². The van der Waals surface area contributed by atoms with Gasteiger partial charge in [0.25, 0.3) is 5.91 Å². The van der Waals surface area contributed by atoms with Gasteiger partial charge in [-0.25, -0.2) is 9.82 Å². The number of hydrogen-bond acceptors (Lipinski definition) is 3. The molecule has 0 unspecified atom stereocenters. The number of carbonyl (C=O) groups is 1. The molecule has 108 valence electrons. The molecule has 0 radical (unpaired) electrons. The average Bonchev–Trinajstić information content (AvgIpc) is 2.44. The number of aromatic hydroxyl groups is 1. The molecule has 7 heteroatoms. The monoisotopic (exact) mass is 414 g/mol. The van der Waals surface area contributed by atoms with Crippen molar-refractivity contribution in [3.63, 3.8) is 0 Å². The summed E-state index contributed by atoms with van der Waals surface area (Å²) in [5, 5.41) is 13.4. The molecular formula is C14H9Br2FN2O2. The van der Waals surface area contributed by atoms with Gasteiger partial charge in [-0.2, -0.15) is 5.10 Å². The zero-order valence-corrected chi connectivity index (χ0v) is 13.7. The molecule has 0 atom stereocenters. The number of rotatable bonds is 3. The second kappa shape index (κ2) is 6.82. The Kier molecular flexibility index (Phi) is 5.08. The van der Waals surface area contributed by atoms with Crippen LogP contribution in [0.5, 0.6) is 5.75 Å². The summed E-state index contributed by atoms with van der Waals surface area (Å²) >= 11 is 6.38. The van der Waals surface area contributed by atoms with Crippen LogP contribution in [0.2, 0.25) is 0 Å². The Hall–Kier alpha value is -1.73. The Morgan fingerprint density at radius 1 is 1.24 bits per heavy atom. The van der Waals surface area contributed by atoms with E-state index in [0.29, 0.717) is 14.5 Å². The lowest BCUT2D eigenvalue weighted by molar-refractivity contribution is 0.0954. The number of nitrogens with one attached hydrogen (secondary N) is 1. The number of nitrogens with zero attached hydrogens (tertiary/aromatic N) is 1. The van der Waals surface area contributed by atoms with Crippen LogP contribution in [0.4, 0.5) is 4.39 Å². The molecule has 0 saturated heterocycles. The molecule has 2 aromatic rings. The highest BCUT2D eigenvalue weighted by atomic mass is 79.9. The fourth-order valence-electron chi connectivity index (χ4n) is 1.52. The van der Waals surface area contributed by atoms with Crippen molar-refractivity contribution in [2.75, 3.05) is 0 Å². The van der Waals surface area contributed by atoms with Crippen LogP contribution in [0.25, 0.3) is 0 Å². The van der Waals surface area contributed by atoms with Gasteiger partial charge < -0.3 is 5.11 Å². The van der Waals surface area contributed by atoms with Crippen molar-refractivity contribution in [1.29, 1.82) is 0 Å². The molecule has 0 aliphatic heterocycles. The van der Waals surface area contributed by atoms with Gasteiger partial charge in [0.05, 0.1) is 15.2 Å². The quantitative estimate of drug-likeness (QED) is 0.591. The smallest absolute Gasteiger partial charge is 0.271 e. The van der Waals surface area contributed by atoms with E-state index in [1.807, 2.05) is 0 Å². The number of hydrogen-bond donors (Lipinski definition) is 2. The highest BCUT2D eigenvalue weighted by molar-refractivity contribution is 9.11. The summed E-state index contributed by atoms with van der Waals surface area (Å²) < 4.78 is 14.0. The molecule has 0 fully saturated rings. The second-order valence-corrected chi connectivity index (χ2v) is 5.75. The van der Waals surface area contributed by atoms with E-state index in [1.54, 1.807) is 12.1 Å². The molecule has 0 bridgehead atoms. The lowest BCUT2D eigenvalue weighted by atomic mass is 10.2. The molecule has 1 amide bonds. The summed E-state index contributed by atoms with van der Waals surface area (Å²) in [6.07, 6.45) is 1.41. The lowest BCUT2D eigenvalue weighted by Gasteiger charge is -2.02. The molecule has 0 aliphatic carbocycles. The van der Waals surface area contributed by atoms with Crippen LogP contribution in [0, 0.1) is 5.82 Å². The van der Waals surface area contributed by atoms with Crippen LogP contribution in [-0.4, -0.2) is 17.2 Å². The number of phenolic OH excluding ortho intramolecular Hbond substituents is 1. The fraction of sp³-hybridized carbons (Fsp3) is 0. The molecule has 2 rings (SSSR count). The van der Waals surface area contributed by atoms with Crippen LogP contribution in [0.3, 0.4) is 0 Å². The summed E-state index contributed by atoms with van der Waals surface area (Å²) in [5.41, 5.74) is 3.14. The van der Waals surface area contributed by atoms with Gasteiger partial charge in [0, 0.05) is 5.56 Å². The average molecular weight is 416 g/mol. The minimum atomic E-state index is -0.511. The molecule has 0 aliphatic rings. The summed E-state index contributed by atoms with van der Waals surface area (Å²) in [6, 6.07) is 8.59. The first-order valence-corrected chi connectivity index (χ1v) is 7.33. The van der Waals surface area contributed by atoms with E-state index in [2.05, 4.69) is 42.4 Å². The summed E-state index contributed by atoms with van der Waals surface area (Å²) in [7, 11) is 0. The Morgan fingerprint density at radius 3 is 2.52 bits per heavy atom. The van der Waals surface area contributed by atoms with Crippen LogP contribution in [-0.2, 0) is 0 Å². The van der Waals surface area contributed by atoms with E-state index in [0.717, 1.165) is 6.07 Å². The van der Waals surface area contributed by atoms with E-state index in [1.165, 1.54) is 24.4 Å². The van der Waals surface area contributed by atoms with Gasteiger partial charge >= 0.3 is 0 Å². The third kappa shape index (κ3) is 4.12. The molecule has 0 saturated carbocycles. The predicted octanol–water partition coefficient (Wildman–Crippen LogP) is 3.82. The van der Waals surface area contributed by atoms with Crippen molar-refractivity contribution in [2.24, 2.45) is 5.10 Å². The molecule has 2 aromatic carbocycles. The second-order valence-electron chi connectivity index (χ2n) is 4.04. The molecule has 2 N–H and O–H groups in total. The SMILES string of the molecule is O=C(NN=Cc1cc(Br)c(O)c(Br)c1)c1cccc(F)c1. The highest BCUT2D eigenvalue weighted by Crippen LogP contribution is 2.32. The van der Waals surface area contributed by atoms with Crippen molar-refractivity contribution < 1.29 is 14.3 Å². The standard InChI is InChI=1S/C14H9Br2FN2O2/c15-11-4-8(5-12(16)13(11)20)7-18-19-14(21)9-2-1-3-10(17)6-9/h1-7,20H,(H,19,21). The number of amides is 1. The number of carbonyl (C=O) groups excluding carboxylic acids is 1. The zero-order valence-electron chi connectivity index (χ0n) is 10.5. The summed E-state index contributed by atoms with van der Waals surface area (Å²) in [6.45, 7) is 0. The largest absolute Gasteiger partial charge is 0.506 e. The van der Waals surface area contributed by atoms with Crippen molar-refractivity contribution in [1.82, 2.24) is 5.43 Å². The van der Waals surface area contributed by atoms with Crippen molar-refractivity contribution in [3.05, 3.63) is 62.3 Å². The van der Waals surface area contributed by atoms with Crippen LogP contribution < -0.4 is 5.43 Å². The Morgan fingerprint density at radius 2 is 1.90 bits per heavy atom. The third-order valence-electron chi connectivity index (χ3n) is 2.51. The lowest BCUT2D eigenvalue weighted by Crippen LogP contribution is -2.17. The van der Waals surface area contributed by atoms with Crippen LogP contribution in [0.15, 0.2) is 50.4 Å². The van der Waals surface area contributed by atoms with Crippen LogP contribution >= 0.6 is 31.9 Å². The van der Waals surface area contributed by atoms with Gasteiger partial charge in [-0.05, 0) is 67.8 Å². The maximum Gasteiger partial charge on any atom is 0.271 e. The van der Waals surface area contributed by atoms with E-state index in [-0.39, 0.29) is 11.3 Å². The van der Waals surface area contributed by atoms with E-state index >= 15 is 0 Å². The first-order valence-electron chi connectivity index (χ1n) is 5.74. The van der Waals surface area contributed by atoms with Crippen LogP contribution in [0.1, 0.15) is 15.9 Å². The molecule has 21 heavy (non-hydrogen) atoms. The normalized spacial score (nSPS) is 10.8. The number of phenols is 1. The number of hydrazone groups is 1. The summed E-state index contributed by atoms with van der Waals surface area (Å²) in [5.74, 6) is -0.920. The van der Waals surface area contributed by atoms with Gasteiger partial charge in [0.1, 0.15) is 11.6 Å². The zero-order chi connectivity index (χ0) is 15.4. The van der Waals surface area contributed by atoms with E-state index in [4.69, 9.17) is 0 Å². The Bertz CT molecular complexity index is 697. The van der Waals surface area contributed by atoms with E-state index in [9.17, 15) is 14.3 Å². The maximum absolute atomic E-state index is 13.0. The third-order valence-corrected chi connectivity index (χ3v) is 3.71. The van der Waals surface area contributed by atoms with Gasteiger partial charge in [0.2, 0.25) is 0 Å². The van der Waals surface area contributed by atoms with Gasteiger partial charge in [0.15, 0.2) is 0 Å².